The normalized spacial score (nSPS) is 16.2. The third kappa shape index (κ3) is 2.75. The van der Waals surface area contributed by atoms with Gasteiger partial charge in [-0.15, -0.1) is 0 Å². The maximum Gasteiger partial charge on any atom is 0.250 e. The van der Waals surface area contributed by atoms with Crippen LogP contribution in [0.25, 0.3) is 10.9 Å². The molecule has 0 unspecified atom stereocenters. The molecule has 0 spiro atoms. The number of hydrogen-bond donors (Lipinski definition) is 1. The number of rotatable bonds is 4. The molecule has 0 saturated heterocycles. The van der Waals surface area contributed by atoms with E-state index in [1.807, 2.05) is 24.4 Å². The summed E-state index contributed by atoms with van der Waals surface area (Å²) in [6.07, 6.45) is 8.43. The first kappa shape index (κ1) is 14.0. The van der Waals surface area contributed by atoms with Gasteiger partial charge in [0.25, 0.3) is 5.91 Å². The Bertz CT molecular complexity index is 654. The Balaban J connectivity index is 2.00. The van der Waals surface area contributed by atoms with Gasteiger partial charge in [0, 0.05) is 24.2 Å². The quantitative estimate of drug-likeness (QED) is 0.937. The van der Waals surface area contributed by atoms with E-state index >= 15 is 0 Å². The van der Waals surface area contributed by atoms with Crippen LogP contribution in [-0.4, -0.2) is 17.6 Å². The number of benzene rings is 1. The summed E-state index contributed by atoms with van der Waals surface area (Å²) in [6.45, 7) is 0.955. The molecule has 1 heterocycles. The second-order valence-electron chi connectivity index (χ2n) is 5.95. The van der Waals surface area contributed by atoms with Gasteiger partial charge in [0.1, 0.15) is 5.75 Å². The van der Waals surface area contributed by atoms with Crippen LogP contribution in [0.2, 0.25) is 0 Å². The summed E-state index contributed by atoms with van der Waals surface area (Å²) in [5.41, 5.74) is 7.15. The van der Waals surface area contributed by atoms with E-state index < -0.39 is 0 Å². The zero-order chi connectivity index (χ0) is 14.8. The summed E-state index contributed by atoms with van der Waals surface area (Å²) in [4.78, 5) is 11.7. The molecule has 1 fully saturated rings. The van der Waals surface area contributed by atoms with Crippen LogP contribution in [0.15, 0.2) is 24.4 Å². The van der Waals surface area contributed by atoms with Gasteiger partial charge >= 0.3 is 0 Å². The Morgan fingerprint density at radius 2 is 2.10 bits per heavy atom. The lowest BCUT2D eigenvalue weighted by atomic mass is 9.89. The molecule has 1 aliphatic rings. The van der Waals surface area contributed by atoms with Gasteiger partial charge < -0.3 is 15.0 Å². The summed E-state index contributed by atoms with van der Waals surface area (Å²) in [6, 6.07) is 5.79. The van der Waals surface area contributed by atoms with Crippen molar-refractivity contribution >= 4 is 16.8 Å². The molecular weight excluding hydrogens is 264 g/mol. The van der Waals surface area contributed by atoms with Gasteiger partial charge in [0.2, 0.25) is 0 Å². The largest absolute Gasteiger partial charge is 0.497 e. The van der Waals surface area contributed by atoms with Crippen molar-refractivity contribution in [2.75, 3.05) is 7.11 Å². The number of hydrogen-bond acceptors (Lipinski definition) is 2. The fourth-order valence-corrected chi connectivity index (χ4v) is 3.39. The van der Waals surface area contributed by atoms with Gasteiger partial charge in [-0.1, -0.05) is 19.3 Å². The highest BCUT2D eigenvalue weighted by molar-refractivity contribution is 6.06. The third-order valence-electron chi connectivity index (χ3n) is 4.53. The van der Waals surface area contributed by atoms with Crippen molar-refractivity contribution < 1.29 is 9.53 Å². The minimum Gasteiger partial charge on any atom is -0.497 e. The Labute approximate surface area is 124 Å². The molecule has 2 N–H and O–H groups in total. The maximum atomic E-state index is 11.7. The number of carbonyl (C=O) groups excluding carboxylic acids is 1. The molecular formula is C17H22N2O2. The SMILES string of the molecule is COc1ccc2c(C(N)=O)cn(CC3CCCCC3)c2c1. The van der Waals surface area contributed by atoms with Crippen LogP contribution < -0.4 is 10.5 Å². The van der Waals surface area contributed by atoms with Crippen LogP contribution in [-0.2, 0) is 6.54 Å². The van der Waals surface area contributed by atoms with E-state index in [0.29, 0.717) is 11.5 Å². The summed E-state index contributed by atoms with van der Waals surface area (Å²) in [5, 5.41) is 0.916. The Hall–Kier alpha value is -1.97. The van der Waals surface area contributed by atoms with E-state index in [9.17, 15) is 4.79 Å². The number of aromatic nitrogens is 1. The molecule has 3 rings (SSSR count). The van der Waals surface area contributed by atoms with Crippen molar-refractivity contribution in [2.45, 2.75) is 38.6 Å². The standard InChI is InChI=1S/C17H22N2O2/c1-21-13-7-8-14-15(17(18)20)11-19(16(14)9-13)10-12-5-3-2-4-6-12/h7-9,11-12H,2-6,10H2,1H3,(H2,18,20). The summed E-state index contributed by atoms with van der Waals surface area (Å²) in [5.74, 6) is 1.13. The Kier molecular flexibility index (Phi) is 3.86. The molecule has 4 nitrogen and oxygen atoms in total. The average Bonchev–Trinajstić information content (AvgIpc) is 2.86. The van der Waals surface area contributed by atoms with Crippen LogP contribution in [0.1, 0.15) is 42.5 Å². The minimum atomic E-state index is -0.368. The number of carbonyl (C=O) groups is 1. The van der Waals surface area contributed by atoms with Crippen molar-refractivity contribution in [3.63, 3.8) is 0 Å². The summed E-state index contributed by atoms with van der Waals surface area (Å²) in [7, 11) is 1.66. The average molecular weight is 286 g/mol. The number of nitrogens with two attached hydrogens (primary N) is 1. The van der Waals surface area contributed by atoms with E-state index in [1.54, 1.807) is 7.11 Å². The van der Waals surface area contributed by atoms with E-state index in [4.69, 9.17) is 10.5 Å². The fourth-order valence-electron chi connectivity index (χ4n) is 3.39. The van der Waals surface area contributed by atoms with Crippen molar-refractivity contribution in [3.05, 3.63) is 30.0 Å². The van der Waals surface area contributed by atoms with Crippen molar-refractivity contribution in [1.82, 2.24) is 4.57 Å². The molecule has 2 aromatic rings. The molecule has 1 saturated carbocycles. The van der Waals surface area contributed by atoms with Gasteiger partial charge in [0.05, 0.1) is 18.2 Å². The van der Waals surface area contributed by atoms with Gasteiger partial charge in [-0.05, 0) is 30.9 Å². The number of ether oxygens (including phenoxy) is 1. The zero-order valence-corrected chi connectivity index (χ0v) is 12.5. The summed E-state index contributed by atoms with van der Waals surface area (Å²) < 4.78 is 7.48. The predicted molar refractivity (Wildman–Crippen MR) is 83.6 cm³/mol. The molecule has 0 aliphatic heterocycles. The first-order chi connectivity index (χ1) is 10.2. The molecule has 1 amide bonds. The molecule has 0 atom stereocenters. The smallest absolute Gasteiger partial charge is 0.250 e. The number of primary amides is 1. The number of nitrogens with zero attached hydrogens (tertiary/aromatic N) is 1. The first-order valence-corrected chi connectivity index (χ1v) is 7.65. The lowest BCUT2D eigenvalue weighted by Gasteiger charge is -2.22. The lowest BCUT2D eigenvalue weighted by molar-refractivity contribution is 0.100. The molecule has 4 heteroatoms. The summed E-state index contributed by atoms with van der Waals surface area (Å²) >= 11 is 0. The van der Waals surface area contributed by atoms with Gasteiger partial charge in [-0.25, -0.2) is 0 Å². The molecule has 21 heavy (non-hydrogen) atoms. The first-order valence-electron chi connectivity index (χ1n) is 7.65. The van der Waals surface area contributed by atoms with Crippen molar-refractivity contribution in [3.8, 4) is 5.75 Å². The fraction of sp³-hybridized carbons (Fsp3) is 0.471. The Morgan fingerprint density at radius 1 is 1.33 bits per heavy atom. The van der Waals surface area contributed by atoms with E-state index in [-0.39, 0.29) is 5.91 Å². The van der Waals surface area contributed by atoms with E-state index in [1.165, 1.54) is 32.1 Å². The van der Waals surface area contributed by atoms with Crippen LogP contribution in [0, 0.1) is 5.92 Å². The number of amides is 1. The maximum absolute atomic E-state index is 11.7. The van der Waals surface area contributed by atoms with Crippen molar-refractivity contribution in [2.24, 2.45) is 11.7 Å². The van der Waals surface area contributed by atoms with E-state index in [0.717, 1.165) is 23.2 Å². The minimum absolute atomic E-state index is 0.368. The van der Waals surface area contributed by atoms with Crippen molar-refractivity contribution in [1.29, 1.82) is 0 Å². The number of methoxy groups -OCH3 is 1. The number of fused-ring (bicyclic) bond motifs is 1. The molecule has 1 aliphatic carbocycles. The molecule has 0 bridgehead atoms. The zero-order valence-electron chi connectivity index (χ0n) is 12.5. The monoisotopic (exact) mass is 286 g/mol. The Morgan fingerprint density at radius 3 is 2.76 bits per heavy atom. The predicted octanol–water partition coefficient (Wildman–Crippen LogP) is 3.33. The van der Waals surface area contributed by atoms with Crippen LogP contribution in [0.5, 0.6) is 5.75 Å². The highest BCUT2D eigenvalue weighted by Gasteiger charge is 2.18. The van der Waals surface area contributed by atoms with Gasteiger partial charge in [-0.2, -0.15) is 0 Å². The molecule has 1 aromatic heterocycles. The van der Waals surface area contributed by atoms with Crippen LogP contribution in [0.3, 0.4) is 0 Å². The van der Waals surface area contributed by atoms with Gasteiger partial charge in [0.15, 0.2) is 0 Å². The topological polar surface area (TPSA) is 57.2 Å². The molecule has 112 valence electrons. The van der Waals surface area contributed by atoms with Crippen LogP contribution in [0.4, 0.5) is 0 Å². The molecule has 0 radical (unpaired) electrons. The highest BCUT2D eigenvalue weighted by atomic mass is 16.5. The highest BCUT2D eigenvalue weighted by Crippen LogP contribution is 2.30. The second kappa shape index (κ2) is 5.80. The lowest BCUT2D eigenvalue weighted by Crippen LogP contribution is -2.14. The third-order valence-corrected chi connectivity index (χ3v) is 4.53. The van der Waals surface area contributed by atoms with Crippen LogP contribution >= 0.6 is 0 Å². The second-order valence-corrected chi connectivity index (χ2v) is 5.95. The van der Waals surface area contributed by atoms with E-state index in [2.05, 4.69) is 4.57 Å². The van der Waals surface area contributed by atoms with Gasteiger partial charge in [-0.3, -0.25) is 4.79 Å². The molecule has 1 aromatic carbocycles.